The van der Waals surface area contributed by atoms with E-state index in [-0.39, 0.29) is 90.5 Å². The summed E-state index contributed by atoms with van der Waals surface area (Å²) in [5, 5.41) is 97.0. The number of nitrogens with two attached hydrogens (primary N) is 1. The smallest absolute Gasteiger partial charge is 0.330 e. The fraction of sp³-hybridized carbons (Fsp3) is 0.554. The SMILES string of the molecule is C#CCNC(=O)CC.CC(C)=O.CNOCC(=O)NCC#Cc1cn(C2OC(CO)C(O)C2O)c(=O)[nH]c1=O.CNOCC(=O)NCC#Cc1cn(C2OC(CO)C3OC(C)(C)OC32)c(=O)[nH]c1=O.NOCC(=O)NCC#Cc1cn(C2OC(COP(P)P)C(O)C2O)c(=O)[nH]c1=O.O=c1[nH]c(=O)n(C2OC(CO)C(O)C2O)cc1I. The van der Waals surface area contributed by atoms with Gasteiger partial charge in [-0.2, -0.15) is 0 Å². The van der Waals surface area contributed by atoms with Crippen molar-refractivity contribution in [3.05, 3.63) is 128 Å². The second kappa shape index (κ2) is 49.8. The number of aliphatic hydroxyl groups is 9. The van der Waals surface area contributed by atoms with Crippen molar-refractivity contribution in [2.24, 2.45) is 5.90 Å². The maximum absolute atomic E-state index is 12.4. The van der Waals surface area contributed by atoms with Crippen LogP contribution in [0.3, 0.4) is 0 Å². The van der Waals surface area contributed by atoms with Gasteiger partial charge in [0.2, 0.25) is 23.6 Å². The van der Waals surface area contributed by atoms with Crippen LogP contribution in [0.2, 0.25) is 0 Å². The number of aromatic nitrogens is 8. The van der Waals surface area contributed by atoms with Crippen LogP contribution in [0.25, 0.3) is 0 Å². The van der Waals surface area contributed by atoms with Crippen LogP contribution < -0.4 is 83.1 Å². The Morgan fingerprint density at radius 2 is 0.871 bits per heavy atom. The van der Waals surface area contributed by atoms with E-state index in [0.29, 0.717) is 13.0 Å². The minimum absolute atomic E-state index is 0.00102. The Balaban J connectivity index is 0.000000313. The highest BCUT2D eigenvalue weighted by Crippen LogP contribution is 2.54. The molecule has 640 valence electrons. The number of rotatable bonds is 23. The molecule has 9 rings (SSSR count). The van der Waals surface area contributed by atoms with Gasteiger partial charge in [0.05, 0.1) is 63.7 Å². The van der Waals surface area contributed by atoms with Crippen molar-refractivity contribution in [2.75, 3.05) is 86.5 Å². The molecule has 9 heterocycles. The molecule has 47 nitrogen and oxygen atoms in total. The monoisotopic (exact) mass is 1810 g/mol. The number of carbonyl (C=O) groups is 5. The van der Waals surface area contributed by atoms with Gasteiger partial charge in [0, 0.05) is 45.3 Å². The van der Waals surface area contributed by atoms with Gasteiger partial charge in [-0.15, -0.1) is 6.42 Å². The third-order valence-corrected chi connectivity index (χ3v) is 17.5. The maximum Gasteiger partial charge on any atom is 0.330 e. The molecule has 0 spiro atoms. The number of carbonyl (C=O) groups excluding carboxylic acids is 5. The van der Waals surface area contributed by atoms with Crippen molar-refractivity contribution in [3.8, 4) is 47.9 Å². The van der Waals surface area contributed by atoms with Gasteiger partial charge in [0.15, 0.2) is 30.7 Å². The van der Waals surface area contributed by atoms with Crippen LogP contribution in [-0.2, 0) is 71.4 Å². The normalized spacial score (nSPS) is 24.1. The molecule has 0 radical (unpaired) electrons. The molecule has 21 N–H and O–H groups in total. The minimum Gasteiger partial charge on any atom is -0.394 e. The Morgan fingerprint density at radius 1 is 0.534 bits per heavy atom. The molecule has 0 aromatic carbocycles. The van der Waals surface area contributed by atoms with Gasteiger partial charge < -0.3 is 105 Å². The number of H-pyrrole nitrogens is 4. The summed E-state index contributed by atoms with van der Waals surface area (Å²) in [5.74, 6) is 20.4. The van der Waals surface area contributed by atoms with Gasteiger partial charge in [-0.25, -0.2) is 36.0 Å². The number of nitrogens with one attached hydrogen (secondary N) is 10. The number of terminal acetylenes is 1. The molecule has 5 saturated heterocycles. The second-order valence-corrected chi connectivity index (χ2v) is 31.5. The third-order valence-electron chi connectivity index (χ3n) is 15.4. The van der Waals surface area contributed by atoms with E-state index < -0.39 is 181 Å². The van der Waals surface area contributed by atoms with E-state index in [1.165, 1.54) is 40.3 Å². The van der Waals surface area contributed by atoms with Crippen molar-refractivity contribution in [3.63, 3.8) is 0 Å². The fourth-order valence-corrected chi connectivity index (χ4v) is 11.3. The summed E-state index contributed by atoms with van der Waals surface area (Å²) in [6, 6.07) is 0. The van der Waals surface area contributed by atoms with Crippen LogP contribution in [0.4, 0.5) is 0 Å². The quantitative estimate of drug-likeness (QED) is 0.0142. The van der Waals surface area contributed by atoms with Crippen LogP contribution in [0.5, 0.6) is 0 Å². The van der Waals surface area contributed by atoms with E-state index in [2.05, 4.69) is 116 Å². The molecule has 18 atom stereocenters. The summed E-state index contributed by atoms with van der Waals surface area (Å²) >= 11 is 1.73. The molecule has 4 aromatic heterocycles. The van der Waals surface area contributed by atoms with Crippen LogP contribution >= 0.6 is 48.0 Å². The van der Waals surface area contributed by atoms with Crippen LogP contribution in [0.1, 0.15) is 82.6 Å². The van der Waals surface area contributed by atoms with Gasteiger partial charge in [0.25, 0.3) is 22.2 Å². The first-order valence-corrected chi connectivity index (χ1v) is 39.7. The van der Waals surface area contributed by atoms with Crippen LogP contribution in [0, 0.1) is 51.4 Å². The summed E-state index contributed by atoms with van der Waals surface area (Å²) in [7, 11) is 7.05. The molecule has 5 fully saturated rings. The Morgan fingerprint density at radius 3 is 1.22 bits per heavy atom. The van der Waals surface area contributed by atoms with Crippen LogP contribution in [-0.4, -0.2) is 279 Å². The Kier molecular flexibility index (Phi) is 42.9. The minimum atomic E-state index is -1.49. The number of aliphatic hydroxyl groups excluding tert-OH is 9. The van der Waals surface area contributed by atoms with E-state index in [1.807, 2.05) is 4.98 Å². The number of ether oxygens (including phenoxy) is 6. The highest BCUT2D eigenvalue weighted by molar-refractivity contribution is 14.1. The van der Waals surface area contributed by atoms with Gasteiger partial charge in [-0.1, -0.05) is 66.2 Å². The van der Waals surface area contributed by atoms with Gasteiger partial charge in [-0.3, -0.25) is 91.1 Å². The predicted octanol–water partition coefficient (Wildman–Crippen LogP) is -10.7. The van der Waals surface area contributed by atoms with E-state index in [0.717, 1.165) is 30.7 Å². The largest absolute Gasteiger partial charge is 0.394 e. The summed E-state index contributed by atoms with van der Waals surface area (Å²) in [6.45, 7) is 6.34. The lowest BCUT2D eigenvalue weighted by Gasteiger charge is -2.24. The summed E-state index contributed by atoms with van der Waals surface area (Å²) in [4.78, 5) is 171. The lowest BCUT2D eigenvalue weighted by Crippen LogP contribution is -2.38. The van der Waals surface area contributed by atoms with Gasteiger partial charge >= 0.3 is 22.8 Å². The Hall–Kier alpha value is -8.35. The van der Waals surface area contributed by atoms with E-state index >= 15 is 0 Å². The number of hydrogen-bond donors (Lipinski definition) is 20. The zero-order valence-electron chi connectivity index (χ0n) is 62.9. The first-order valence-electron chi connectivity index (χ1n) is 34.1. The standard InChI is InChI=1S/C18H24N4O8.C15H20N4O8.C14H21N4O8P3.C9H11IN2O6.C6H9NO.C3H6O/c1-18(2)29-13-11(8-23)28-16(14(13)30-18)22-7-10(15(25)21-17(22)26)5-4-6-20-12(24)9-27-19-3;1-16-26-7-10(21)17-4-2-3-8-5-19(15(25)18-13(8)24)14-12(23)11(22)9(6-20)27-14;15-24-6-9(19)16-3-1-2-7-4-18(14(23)17-12(7)22)13-11(21)10(20)8(26-13)5-25-29(27)28;10-3-1-12(9(17)11-7(3)16)8-6(15)5(14)4(2-13)18-8;1-3-5-7-6(8)4-2;1-3(2)4/h7,11,13-14,16,19,23H,6,8-9H2,1-3H3,(H,20,24)(H,21,25,26);5,9,11-12,14,16,20,22-23H,4,6-7H2,1H3,(H,17,21)(H,18,24,25);4,8,10-11,13,20-21H,3,5-6,15,27-28H2,(H,16,19)(H,17,22,23);1,4-6,8,13-15H,2H2,(H,11,16,17);1H,4-5H2,2H3,(H,7,8);1-2H3. The summed E-state index contributed by atoms with van der Waals surface area (Å²) in [6.07, 6.45) is -7.67. The van der Waals surface area contributed by atoms with E-state index in [9.17, 15) is 98.1 Å². The highest BCUT2D eigenvalue weighted by Gasteiger charge is 2.56. The van der Waals surface area contributed by atoms with Gasteiger partial charge in [0.1, 0.15) is 116 Å². The Bertz CT molecular complexity index is 4720. The number of halogens is 1. The molecule has 18 unspecified atom stereocenters. The van der Waals surface area contributed by atoms with Crippen molar-refractivity contribution >= 4 is 77.4 Å². The molecule has 4 amide bonds. The molecule has 51 heteroatoms. The van der Waals surface area contributed by atoms with Gasteiger partial charge in [-0.05, 0) is 50.3 Å². The molecular weight excluding hydrogens is 1720 g/mol. The number of ketones is 1. The molecule has 4 aromatic rings. The van der Waals surface area contributed by atoms with Crippen molar-refractivity contribution in [2.45, 2.75) is 145 Å². The van der Waals surface area contributed by atoms with Crippen LogP contribution in [0.15, 0.2) is 63.1 Å². The maximum atomic E-state index is 12.4. The lowest BCUT2D eigenvalue weighted by molar-refractivity contribution is -0.200. The number of hydrogen-bond acceptors (Lipinski definition) is 35. The first-order chi connectivity index (χ1) is 54.9. The second-order valence-electron chi connectivity index (χ2n) is 24.5. The fourth-order valence-electron chi connectivity index (χ4n) is 10.1. The number of fused-ring (bicyclic) bond motifs is 1. The number of amides is 4. The number of Topliss-reactive ketones (excluding diaryl/α,β-unsaturated/α-hetero) is 1. The van der Waals surface area contributed by atoms with E-state index in [1.54, 1.807) is 43.4 Å². The zero-order valence-corrected chi connectivity index (χ0v) is 68.2. The van der Waals surface area contributed by atoms with Crippen molar-refractivity contribution in [1.29, 1.82) is 0 Å². The van der Waals surface area contributed by atoms with Crippen molar-refractivity contribution in [1.82, 2.24) is 70.4 Å². The molecular formula is C65H91IN15O32P3. The summed E-state index contributed by atoms with van der Waals surface area (Å²) < 4.78 is 42.9. The summed E-state index contributed by atoms with van der Waals surface area (Å²) in [5.41, 5.74) is -1.42. The molecule has 0 bridgehead atoms. The number of aromatic amines is 4. The van der Waals surface area contributed by atoms with E-state index in [4.69, 9.17) is 60.3 Å². The molecule has 5 aliphatic heterocycles. The highest BCUT2D eigenvalue weighted by atomic mass is 127. The lowest BCUT2D eigenvalue weighted by atomic mass is 10.1. The third kappa shape index (κ3) is 30.5. The molecule has 0 saturated carbocycles. The average molecular weight is 1810 g/mol. The molecule has 5 aliphatic rings. The first kappa shape index (κ1) is 100. The topological polar surface area (TPSA) is 677 Å². The number of hydroxylamine groups is 2. The predicted molar refractivity (Wildman–Crippen MR) is 415 cm³/mol. The number of nitrogens with zero attached hydrogens (tertiary/aromatic N) is 4. The molecule has 0 aliphatic carbocycles. The van der Waals surface area contributed by atoms with Crippen molar-refractivity contribution < 1.29 is 117 Å². The average Bonchev–Trinajstić information content (AvgIpc) is 1.59. The Labute approximate surface area is 675 Å². The molecule has 116 heavy (non-hydrogen) atoms. The zero-order chi connectivity index (χ0) is 86.8.